The Labute approximate surface area is 63.6 Å². The van der Waals surface area contributed by atoms with Crippen LogP contribution in [0.1, 0.15) is 5.56 Å². The van der Waals surface area contributed by atoms with Gasteiger partial charge >= 0.3 is 0 Å². The molecule has 1 rings (SSSR count). The highest BCUT2D eigenvalue weighted by atomic mass is 35.5. The first-order chi connectivity index (χ1) is 4.34. The maximum absolute atomic E-state index is 5.70. The summed E-state index contributed by atoms with van der Waals surface area (Å²) in [6.07, 6.45) is 3.30. The number of hydrogen-bond acceptors (Lipinski definition) is 1. The molecule has 0 unspecified atom stereocenters. The van der Waals surface area contributed by atoms with Crippen molar-refractivity contribution in [2.45, 2.75) is 5.88 Å². The summed E-state index contributed by atoms with van der Waals surface area (Å²) in [6, 6.07) is 1.72. The lowest BCUT2D eigenvalue weighted by Gasteiger charge is -1.94. The van der Waals surface area contributed by atoms with Crippen LogP contribution >= 0.6 is 23.2 Å². The van der Waals surface area contributed by atoms with E-state index in [9.17, 15) is 0 Å². The average Bonchev–Trinajstić information content (AvgIpc) is 1.89. The quantitative estimate of drug-likeness (QED) is 0.578. The van der Waals surface area contributed by atoms with E-state index in [-0.39, 0.29) is 0 Å². The van der Waals surface area contributed by atoms with E-state index in [4.69, 9.17) is 23.2 Å². The lowest BCUT2D eigenvalue weighted by molar-refractivity contribution is 1.25. The van der Waals surface area contributed by atoms with Crippen molar-refractivity contribution in [2.75, 3.05) is 0 Å². The van der Waals surface area contributed by atoms with Crippen LogP contribution in [0.4, 0.5) is 0 Å². The molecule has 0 radical (unpaired) electrons. The van der Waals surface area contributed by atoms with Crippen LogP contribution in [0.15, 0.2) is 18.5 Å². The van der Waals surface area contributed by atoms with Crippen LogP contribution in [0.5, 0.6) is 0 Å². The molecule has 0 aliphatic heterocycles. The minimum Gasteiger partial charge on any atom is -0.264 e. The maximum Gasteiger partial charge on any atom is 0.0504 e. The van der Waals surface area contributed by atoms with Gasteiger partial charge in [0.05, 0.1) is 5.88 Å². The first-order valence-corrected chi connectivity index (χ1v) is 3.40. The van der Waals surface area contributed by atoms with Crippen molar-refractivity contribution >= 4 is 23.2 Å². The van der Waals surface area contributed by atoms with Crippen molar-refractivity contribution < 1.29 is 0 Å². The maximum atomic E-state index is 5.70. The third kappa shape index (κ3) is 1.57. The van der Waals surface area contributed by atoms with E-state index in [1.54, 1.807) is 18.5 Å². The van der Waals surface area contributed by atoms with Gasteiger partial charge in [0.25, 0.3) is 0 Å². The average molecular weight is 162 g/mol. The Hall–Kier alpha value is -0.270. The first-order valence-electron chi connectivity index (χ1n) is 2.49. The normalized spacial score (nSPS) is 9.56. The van der Waals surface area contributed by atoms with Crippen molar-refractivity contribution in [2.24, 2.45) is 0 Å². The van der Waals surface area contributed by atoms with E-state index in [2.05, 4.69) is 4.98 Å². The summed E-state index contributed by atoms with van der Waals surface area (Å²) in [7, 11) is 0. The van der Waals surface area contributed by atoms with E-state index in [0.717, 1.165) is 5.56 Å². The molecule has 48 valence electrons. The van der Waals surface area contributed by atoms with Crippen LogP contribution in [-0.2, 0) is 5.88 Å². The smallest absolute Gasteiger partial charge is 0.0504 e. The van der Waals surface area contributed by atoms with Gasteiger partial charge in [0.15, 0.2) is 0 Å². The third-order valence-corrected chi connectivity index (χ3v) is 1.64. The van der Waals surface area contributed by atoms with Gasteiger partial charge in [-0.1, -0.05) is 11.6 Å². The fourth-order valence-electron chi connectivity index (χ4n) is 0.509. The van der Waals surface area contributed by atoms with E-state index < -0.39 is 0 Å². The van der Waals surface area contributed by atoms with E-state index in [1.807, 2.05) is 0 Å². The van der Waals surface area contributed by atoms with Gasteiger partial charge in [0, 0.05) is 23.0 Å². The largest absolute Gasteiger partial charge is 0.264 e. The van der Waals surface area contributed by atoms with Crippen LogP contribution < -0.4 is 0 Å². The lowest BCUT2D eigenvalue weighted by atomic mass is 10.3. The number of hydrogen-bond donors (Lipinski definition) is 0. The van der Waals surface area contributed by atoms with Gasteiger partial charge in [-0.2, -0.15) is 0 Å². The van der Waals surface area contributed by atoms with Crippen LogP contribution in [0.25, 0.3) is 0 Å². The minimum atomic E-state index is 0.423. The SMILES string of the molecule is ClCc1cnccc1Cl. The summed E-state index contributed by atoms with van der Waals surface area (Å²) in [6.45, 7) is 0. The number of halogens is 2. The molecule has 0 aliphatic rings. The highest BCUT2D eigenvalue weighted by Crippen LogP contribution is 2.14. The lowest BCUT2D eigenvalue weighted by Crippen LogP contribution is -1.79. The first kappa shape index (κ1) is 6.84. The Bertz CT molecular complexity index is 200. The van der Waals surface area contributed by atoms with Crippen LogP contribution in [-0.4, -0.2) is 4.98 Å². The molecular formula is C6H5Cl2N. The molecule has 1 aromatic rings. The van der Waals surface area contributed by atoms with Crippen molar-refractivity contribution in [3.05, 3.63) is 29.0 Å². The zero-order valence-electron chi connectivity index (χ0n) is 4.64. The van der Waals surface area contributed by atoms with Crippen LogP contribution in [0, 0.1) is 0 Å². The topological polar surface area (TPSA) is 12.9 Å². The number of aromatic nitrogens is 1. The fourth-order valence-corrected chi connectivity index (χ4v) is 0.962. The second-order valence-corrected chi connectivity index (χ2v) is 2.28. The molecule has 0 N–H and O–H groups in total. The van der Waals surface area contributed by atoms with Crippen LogP contribution in [0.3, 0.4) is 0 Å². The molecule has 0 spiro atoms. The summed E-state index contributed by atoms with van der Waals surface area (Å²) >= 11 is 11.2. The molecule has 3 heteroatoms. The number of pyridine rings is 1. The summed E-state index contributed by atoms with van der Waals surface area (Å²) in [4.78, 5) is 3.85. The predicted octanol–water partition coefficient (Wildman–Crippen LogP) is 2.47. The summed E-state index contributed by atoms with van der Waals surface area (Å²) in [5.41, 5.74) is 0.876. The van der Waals surface area contributed by atoms with E-state index in [1.165, 1.54) is 0 Å². The monoisotopic (exact) mass is 161 g/mol. The summed E-state index contributed by atoms with van der Waals surface area (Å²) < 4.78 is 0. The molecule has 1 aromatic heterocycles. The molecule has 0 aromatic carbocycles. The molecule has 0 saturated heterocycles. The molecule has 0 aliphatic carbocycles. The Morgan fingerprint density at radius 3 is 2.78 bits per heavy atom. The molecule has 9 heavy (non-hydrogen) atoms. The van der Waals surface area contributed by atoms with Crippen molar-refractivity contribution in [1.82, 2.24) is 4.98 Å². The molecule has 0 saturated carbocycles. The van der Waals surface area contributed by atoms with Gasteiger partial charge in [-0.25, -0.2) is 0 Å². The van der Waals surface area contributed by atoms with Crippen LogP contribution in [0.2, 0.25) is 5.02 Å². The standard InChI is InChI=1S/C6H5Cl2N/c7-3-5-4-9-2-1-6(5)8/h1-2,4H,3H2. The molecule has 0 atom stereocenters. The molecule has 0 bridgehead atoms. The molecule has 1 nitrogen and oxygen atoms in total. The second kappa shape index (κ2) is 3.04. The molecule has 0 amide bonds. The van der Waals surface area contributed by atoms with E-state index in [0.29, 0.717) is 10.9 Å². The van der Waals surface area contributed by atoms with Gasteiger partial charge in [-0.15, -0.1) is 11.6 Å². The Morgan fingerprint density at radius 2 is 2.33 bits per heavy atom. The number of rotatable bonds is 1. The zero-order chi connectivity index (χ0) is 6.69. The van der Waals surface area contributed by atoms with Gasteiger partial charge in [0.1, 0.15) is 0 Å². The highest BCUT2D eigenvalue weighted by molar-refractivity contribution is 6.32. The van der Waals surface area contributed by atoms with Gasteiger partial charge < -0.3 is 0 Å². The molecular weight excluding hydrogens is 157 g/mol. The Kier molecular flexibility index (Phi) is 2.31. The minimum absolute atomic E-state index is 0.423. The number of alkyl halides is 1. The highest BCUT2D eigenvalue weighted by Gasteiger charge is 1.94. The third-order valence-electron chi connectivity index (χ3n) is 0.988. The zero-order valence-corrected chi connectivity index (χ0v) is 6.15. The Balaban J connectivity index is 3.01. The van der Waals surface area contributed by atoms with Crippen molar-refractivity contribution in [3.63, 3.8) is 0 Å². The molecule has 1 heterocycles. The Morgan fingerprint density at radius 1 is 1.56 bits per heavy atom. The second-order valence-electron chi connectivity index (χ2n) is 1.60. The summed E-state index contributed by atoms with van der Waals surface area (Å²) in [5, 5.41) is 0.681. The summed E-state index contributed by atoms with van der Waals surface area (Å²) in [5.74, 6) is 0.423. The van der Waals surface area contributed by atoms with Gasteiger partial charge in [-0.3, -0.25) is 4.98 Å². The van der Waals surface area contributed by atoms with E-state index >= 15 is 0 Å². The van der Waals surface area contributed by atoms with Gasteiger partial charge in [-0.05, 0) is 6.07 Å². The van der Waals surface area contributed by atoms with Gasteiger partial charge in [0.2, 0.25) is 0 Å². The van der Waals surface area contributed by atoms with Crippen molar-refractivity contribution in [3.8, 4) is 0 Å². The fraction of sp³-hybridized carbons (Fsp3) is 0.167. The number of nitrogens with zero attached hydrogens (tertiary/aromatic N) is 1. The van der Waals surface area contributed by atoms with Crippen molar-refractivity contribution in [1.29, 1.82) is 0 Å². The predicted molar refractivity (Wildman–Crippen MR) is 38.8 cm³/mol. The molecule has 0 fully saturated rings.